The Kier molecular flexibility index (Phi) is 4.72. The van der Waals surface area contributed by atoms with Crippen molar-refractivity contribution in [2.45, 2.75) is 19.3 Å². The minimum atomic E-state index is -1.09. The Morgan fingerprint density at radius 3 is 2.19 bits per heavy atom. The smallest absolute Gasteiger partial charge is 0.221 e. The molecule has 0 aliphatic heterocycles. The van der Waals surface area contributed by atoms with Gasteiger partial charge in [0.15, 0.2) is 0 Å². The van der Waals surface area contributed by atoms with Crippen LogP contribution in [0.15, 0.2) is 54.6 Å². The summed E-state index contributed by atoms with van der Waals surface area (Å²) in [5.41, 5.74) is 2.29. The fourth-order valence-corrected chi connectivity index (χ4v) is 2.19. The molecule has 0 bridgehead atoms. The van der Waals surface area contributed by atoms with E-state index < -0.39 is 11.9 Å². The predicted octanol–water partition coefficient (Wildman–Crippen LogP) is 1.72. The summed E-state index contributed by atoms with van der Waals surface area (Å²) in [6.07, 6.45) is 0.354. The first kappa shape index (κ1) is 14.8. The molecule has 0 fully saturated rings. The van der Waals surface area contributed by atoms with Crippen LogP contribution in [0.4, 0.5) is 5.69 Å². The lowest BCUT2D eigenvalue weighted by atomic mass is 9.92. The molecule has 1 N–H and O–H groups in total. The van der Waals surface area contributed by atoms with Gasteiger partial charge in [-0.2, -0.15) is 0 Å². The Morgan fingerprint density at radius 1 is 1.05 bits per heavy atom. The van der Waals surface area contributed by atoms with Gasteiger partial charge in [-0.25, -0.2) is 0 Å². The lowest BCUT2D eigenvalue weighted by molar-refractivity contribution is -0.308. The number of hydrogen-bond donors (Lipinski definition) is 1. The van der Waals surface area contributed by atoms with Crippen LogP contribution in [0.1, 0.15) is 24.0 Å². The lowest BCUT2D eigenvalue weighted by Crippen LogP contribution is -2.31. The predicted molar refractivity (Wildman–Crippen MR) is 78.6 cm³/mol. The molecule has 4 heteroatoms. The van der Waals surface area contributed by atoms with E-state index in [1.54, 1.807) is 24.3 Å². The maximum Gasteiger partial charge on any atom is 0.221 e. The number of carbonyl (C=O) groups is 2. The highest BCUT2D eigenvalue weighted by molar-refractivity contribution is 5.88. The summed E-state index contributed by atoms with van der Waals surface area (Å²) < 4.78 is 0. The number of rotatable bonds is 5. The van der Waals surface area contributed by atoms with Crippen LogP contribution in [0.25, 0.3) is 0 Å². The number of carbonyl (C=O) groups excluding carboxylic acids is 2. The quantitative estimate of drug-likeness (QED) is 0.907. The topological polar surface area (TPSA) is 69.2 Å². The van der Waals surface area contributed by atoms with E-state index in [0.717, 1.165) is 11.1 Å². The van der Waals surface area contributed by atoms with Gasteiger partial charge in [0.05, 0.1) is 0 Å². The standard InChI is InChI=1S/C17H17NO3/c1-12(19)18-15-9-7-13(8-10-15)11-16(17(20)21)14-5-3-2-4-6-14/h2-10,16H,11H2,1H3,(H,18,19)(H,20,21)/p-1/t16-/m0/s1. The van der Waals surface area contributed by atoms with E-state index in [1.165, 1.54) is 6.92 Å². The average molecular weight is 282 g/mol. The van der Waals surface area contributed by atoms with Crippen molar-refractivity contribution in [3.63, 3.8) is 0 Å². The summed E-state index contributed by atoms with van der Waals surface area (Å²) in [5, 5.41) is 14.0. The van der Waals surface area contributed by atoms with Gasteiger partial charge in [0.25, 0.3) is 0 Å². The summed E-state index contributed by atoms with van der Waals surface area (Å²) >= 11 is 0. The first-order valence-electron chi connectivity index (χ1n) is 6.68. The number of anilines is 1. The van der Waals surface area contributed by atoms with Crippen LogP contribution in [-0.4, -0.2) is 11.9 Å². The molecular weight excluding hydrogens is 266 g/mol. The van der Waals surface area contributed by atoms with Crippen LogP contribution in [0.2, 0.25) is 0 Å². The van der Waals surface area contributed by atoms with Crippen LogP contribution < -0.4 is 10.4 Å². The largest absolute Gasteiger partial charge is 0.549 e. The van der Waals surface area contributed by atoms with Gasteiger partial charge in [0, 0.05) is 24.5 Å². The molecule has 0 unspecified atom stereocenters. The van der Waals surface area contributed by atoms with Gasteiger partial charge in [-0.1, -0.05) is 42.5 Å². The molecule has 0 aliphatic carbocycles. The Bertz CT molecular complexity index is 620. The van der Waals surface area contributed by atoms with Crippen molar-refractivity contribution in [1.29, 1.82) is 0 Å². The molecule has 4 nitrogen and oxygen atoms in total. The third-order valence-electron chi connectivity index (χ3n) is 3.20. The van der Waals surface area contributed by atoms with Gasteiger partial charge in [0.2, 0.25) is 5.91 Å². The molecule has 0 heterocycles. The van der Waals surface area contributed by atoms with Crippen LogP contribution in [0.3, 0.4) is 0 Å². The van der Waals surface area contributed by atoms with Gasteiger partial charge in [-0.05, 0) is 29.7 Å². The Hall–Kier alpha value is -2.62. The van der Waals surface area contributed by atoms with Gasteiger partial charge < -0.3 is 15.2 Å². The highest BCUT2D eigenvalue weighted by Crippen LogP contribution is 2.21. The normalized spacial score (nSPS) is 11.7. The van der Waals surface area contributed by atoms with E-state index in [-0.39, 0.29) is 5.91 Å². The highest BCUT2D eigenvalue weighted by Gasteiger charge is 2.13. The first-order valence-corrected chi connectivity index (χ1v) is 6.68. The van der Waals surface area contributed by atoms with Crippen LogP contribution in [-0.2, 0) is 16.0 Å². The van der Waals surface area contributed by atoms with Crippen molar-refractivity contribution < 1.29 is 14.7 Å². The van der Waals surface area contributed by atoms with Crippen LogP contribution in [0.5, 0.6) is 0 Å². The number of benzene rings is 2. The second-order valence-electron chi connectivity index (χ2n) is 4.86. The molecule has 2 rings (SSSR count). The number of hydrogen-bond acceptors (Lipinski definition) is 3. The number of amides is 1. The van der Waals surface area contributed by atoms with Crippen molar-refractivity contribution in [3.05, 3.63) is 65.7 Å². The van der Waals surface area contributed by atoms with Crippen molar-refractivity contribution in [3.8, 4) is 0 Å². The fourth-order valence-electron chi connectivity index (χ4n) is 2.19. The van der Waals surface area contributed by atoms with Gasteiger partial charge in [0.1, 0.15) is 0 Å². The fraction of sp³-hybridized carbons (Fsp3) is 0.176. The summed E-state index contributed by atoms with van der Waals surface area (Å²) in [5.74, 6) is -1.91. The monoisotopic (exact) mass is 282 g/mol. The molecular formula is C17H16NO3-. The van der Waals surface area contributed by atoms with E-state index >= 15 is 0 Å². The Balaban J connectivity index is 2.14. The van der Waals surface area contributed by atoms with E-state index in [1.807, 2.05) is 30.3 Å². The zero-order valence-corrected chi connectivity index (χ0v) is 11.7. The SMILES string of the molecule is CC(=O)Nc1ccc(C[C@H](C(=O)[O-])c2ccccc2)cc1. The molecule has 21 heavy (non-hydrogen) atoms. The average Bonchev–Trinajstić information content (AvgIpc) is 2.46. The lowest BCUT2D eigenvalue weighted by Gasteiger charge is -2.18. The van der Waals surface area contributed by atoms with Crippen molar-refractivity contribution in [1.82, 2.24) is 0 Å². The molecule has 0 spiro atoms. The van der Waals surface area contributed by atoms with Crippen LogP contribution in [0, 0.1) is 0 Å². The van der Waals surface area contributed by atoms with Crippen molar-refractivity contribution >= 4 is 17.6 Å². The maximum absolute atomic E-state index is 11.3. The zero-order chi connectivity index (χ0) is 15.2. The number of nitrogens with one attached hydrogen (secondary N) is 1. The van der Waals surface area contributed by atoms with Gasteiger partial charge >= 0.3 is 0 Å². The molecule has 0 aromatic heterocycles. The number of aliphatic carboxylic acids is 1. The molecule has 108 valence electrons. The second-order valence-corrected chi connectivity index (χ2v) is 4.86. The van der Waals surface area contributed by atoms with E-state index in [4.69, 9.17) is 0 Å². The van der Waals surface area contributed by atoms with Crippen molar-refractivity contribution in [2.75, 3.05) is 5.32 Å². The minimum absolute atomic E-state index is 0.139. The number of carboxylic acid groups (broad SMARTS) is 1. The minimum Gasteiger partial charge on any atom is -0.549 e. The summed E-state index contributed by atoms with van der Waals surface area (Å²) in [4.78, 5) is 22.3. The summed E-state index contributed by atoms with van der Waals surface area (Å²) in [6.45, 7) is 1.44. The maximum atomic E-state index is 11.3. The first-order chi connectivity index (χ1) is 10.1. The van der Waals surface area contributed by atoms with Crippen LogP contribution >= 0.6 is 0 Å². The Morgan fingerprint density at radius 2 is 1.67 bits per heavy atom. The van der Waals surface area contributed by atoms with Gasteiger partial charge in [-0.3, -0.25) is 4.79 Å². The Labute approximate surface area is 123 Å². The molecule has 0 saturated carbocycles. The van der Waals surface area contributed by atoms with Gasteiger partial charge in [-0.15, -0.1) is 0 Å². The second kappa shape index (κ2) is 6.70. The number of carboxylic acids is 1. The molecule has 0 aliphatic rings. The molecule has 0 radical (unpaired) electrons. The molecule has 2 aromatic carbocycles. The third-order valence-corrected chi connectivity index (χ3v) is 3.20. The zero-order valence-electron chi connectivity index (χ0n) is 11.7. The summed E-state index contributed by atoms with van der Waals surface area (Å²) in [7, 11) is 0. The molecule has 1 atom stereocenters. The van der Waals surface area contributed by atoms with E-state index in [2.05, 4.69) is 5.32 Å². The molecule has 2 aromatic rings. The van der Waals surface area contributed by atoms with E-state index in [0.29, 0.717) is 12.1 Å². The molecule has 0 saturated heterocycles. The third kappa shape index (κ3) is 4.18. The van der Waals surface area contributed by atoms with E-state index in [9.17, 15) is 14.7 Å². The summed E-state index contributed by atoms with van der Waals surface area (Å²) in [6, 6.07) is 16.2. The molecule has 1 amide bonds. The highest BCUT2D eigenvalue weighted by atomic mass is 16.4. The van der Waals surface area contributed by atoms with Crippen molar-refractivity contribution in [2.24, 2.45) is 0 Å².